The van der Waals surface area contributed by atoms with Gasteiger partial charge in [0.25, 0.3) is 0 Å². The third-order valence-electron chi connectivity index (χ3n) is 2.92. The molecular formula is C14H13NO4S. The van der Waals surface area contributed by atoms with Crippen molar-refractivity contribution in [2.45, 2.75) is 16.7 Å². The molecule has 20 heavy (non-hydrogen) atoms. The first-order valence-corrected chi connectivity index (χ1v) is 7.53. The molecule has 0 aliphatic heterocycles. The molecule has 0 radical (unpaired) electrons. The molecular weight excluding hydrogens is 278 g/mol. The van der Waals surface area contributed by atoms with Gasteiger partial charge < -0.3 is 0 Å². The third kappa shape index (κ3) is 3.03. The summed E-state index contributed by atoms with van der Waals surface area (Å²) in [7, 11) is -4.00. The van der Waals surface area contributed by atoms with Gasteiger partial charge in [-0.2, -0.15) is 0 Å². The van der Waals surface area contributed by atoms with Crippen molar-refractivity contribution in [1.82, 2.24) is 0 Å². The largest absolute Gasteiger partial charge is 0.318 e. The highest BCUT2D eigenvalue weighted by Gasteiger charge is 2.37. The summed E-state index contributed by atoms with van der Waals surface area (Å²) in [6, 6.07) is 16.1. The molecule has 104 valence electrons. The molecule has 0 spiro atoms. The molecule has 2 aromatic rings. The van der Waals surface area contributed by atoms with Gasteiger partial charge in [-0.05, 0) is 17.7 Å². The lowest BCUT2D eigenvalue weighted by molar-refractivity contribution is -0.496. The molecule has 0 bridgehead atoms. The maximum atomic E-state index is 12.3. The summed E-state index contributed by atoms with van der Waals surface area (Å²) in [5.41, 5.74) is 0.619. The average molecular weight is 291 g/mol. The van der Waals surface area contributed by atoms with Crippen molar-refractivity contribution in [3.63, 3.8) is 0 Å². The fraction of sp³-hybridized carbons (Fsp3) is 0.143. The Morgan fingerprint density at radius 1 is 0.950 bits per heavy atom. The lowest BCUT2D eigenvalue weighted by atomic mass is 10.1. The lowest BCUT2D eigenvalue weighted by Crippen LogP contribution is -2.32. The van der Waals surface area contributed by atoms with E-state index < -0.39 is 20.1 Å². The molecule has 0 saturated carbocycles. The minimum absolute atomic E-state index is 0.0300. The van der Waals surface area contributed by atoms with Crippen LogP contribution in [0, 0.1) is 10.1 Å². The van der Waals surface area contributed by atoms with E-state index in [1.54, 1.807) is 48.5 Å². The Bertz CT molecular complexity index is 684. The van der Waals surface area contributed by atoms with Crippen molar-refractivity contribution in [2.75, 3.05) is 0 Å². The van der Waals surface area contributed by atoms with E-state index in [0.29, 0.717) is 5.56 Å². The van der Waals surface area contributed by atoms with E-state index >= 15 is 0 Å². The second-order valence-corrected chi connectivity index (χ2v) is 6.39. The fourth-order valence-corrected chi connectivity index (χ4v) is 3.37. The van der Waals surface area contributed by atoms with Gasteiger partial charge >= 0.3 is 5.37 Å². The Hall–Kier alpha value is -2.21. The summed E-state index contributed by atoms with van der Waals surface area (Å²) in [6.07, 6.45) is -0.148. The highest BCUT2D eigenvalue weighted by molar-refractivity contribution is 7.91. The summed E-state index contributed by atoms with van der Waals surface area (Å²) in [4.78, 5) is 10.4. The van der Waals surface area contributed by atoms with Gasteiger partial charge in [-0.25, -0.2) is 8.42 Å². The van der Waals surface area contributed by atoms with Crippen LogP contribution in [0.4, 0.5) is 0 Å². The number of sulfone groups is 1. The number of rotatable bonds is 5. The van der Waals surface area contributed by atoms with Crippen LogP contribution in [0.25, 0.3) is 0 Å². The van der Waals surface area contributed by atoms with Gasteiger partial charge in [0.1, 0.15) is 0 Å². The van der Waals surface area contributed by atoms with Gasteiger partial charge in [0, 0.05) is 4.92 Å². The zero-order valence-corrected chi connectivity index (χ0v) is 11.4. The molecule has 0 N–H and O–H groups in total. The molecule has 2 rings (SSSR count). The van der Waals surface area contributed by atoms with E-state index in [1.165, 1.54) is 12.1 Å². The molecule has 0 saturated heterocycles. The summed E-state index contributed by atoms with van der Waals surface area (Å²) in [5.74, 6) is 0. The molecule has 0 amide bonds. The number of nitro groups is 1. The first-order valence-electron chi connectivity index (χ1n) is 5.98. The van der Waals surface area contributed by atoms with E-state index in [4.69, 9.17) is 0 Å². The van der Waals surface area contributed by atoms with E-state index in [2.05, 4.69) is 0 Å². The molecule has 6 heteroatoms. The SMILES string of the molecule is O=[N+]([O-])C(Cc1ccccc1)S(=O)(=O)c1ccccc1. The van der Waals surface area contributed by atoms with E-state index in [-0.39, 0.29) is 11.3 Å². The van der Waals surface area contributed by atoms with Gasteiger partial charge in [0.2, 0.25) is 9.84 Å². The number of hydrogen-bond donors (Lipinski definition) is 0. The normalized spacial score (nSPS) is 12.8. The van der Waals surface area contributed by atoms with Gasteiger partial charge in [-0.3, -0.25) is 10.1 Å². The van der Waals surface area contributed by atoms with Crippen LogP contribution in [-0.2, 0) is 16.3 Å². The van der Waals surface area contributed by atoms with Crippen molar-refractivity contribution >= 4 is 9.84 Å². The first kappa shape index (κ1) is 14.2. The third-order valence-corrected chi connectivity index (χ3v) is 4.90. The van der Waals surface area contributed by atoms with Crippen molar-refractivity contribution < 1.29 is 13.3 Å². The van der Waals surface area contributed by atoms with Crippen LogP contribution in [0.3, 0.4) is 0 Å². The second kappa shape index (κ2) is 5.83. The monoisotopic (exact) mass is 291 g/mol. The Balaban J connectivity index is 2.37. The fourth-order valence-electron chi connectivity index (χ4n) is 1.88. The minimum atomic E-state index is -4.00. The topological polar surface area (TPSA) is 77.3 Å². The predicted octanol–water partition coefficient (Wildman–Crippen LogP) is 2.31. The molecule has 0 heterocycles. The van der Waals surface area contributed by atoms with Gasteiger partial charge in [-0.1, -0.05) is 48.5 Å². The summed E-state index contributed by atoms with van der Waals surface area (Å²) >= 11 is 0. The van der Waals surface area contributed by atoms with Crippen molar-refractivity contribution in [2.24, 2.45) is 0 Å². The average Bonchev–Trinajstić information content (AvgIpc) is 2.46. The maximum Gasteiger partial charge on any atom is 0.318 e. The van der Waals surface area contributed by atoms with Crippen LogP contribution in [0.15, 0.2) is 65.6 Å². The van der Waals surface area contributed by atoms with Crippen LogP contribution >= 0.6 is 0 Å². The minimum Gasteiger partial charge on any atom is -0.263 e. The second-order valence-electron chi connectivity index (χ2n) is 4.29. The van der Waals surface area contributed by atoms with E-state index in [9.17, 15) is 18.5 Å². The lowest BCUT2D eigenvalue weighted by Gasteiger charge is -2.11. The predicted molar refractivity (Wildman–Crippen MR) is 74.6 cm³/mol. The number of benzene rings is 2. The highest BCUT2D eigenvalue weighted by atomic mass is 32.2. The molecule has 0 aromatic heterocycles. The van der Waals surface area contributed by atoms with Crippen molar-refractivity contribution in [3.8, 4) is 0 Å². The zero-order chi connectivity index (χ0) is 14.6. The Morgan fingerprint density at radius 3 is 1.95 bits per heavy atom. The quantitative estimate of drug-likeness (QED) is 0.625. The van der Waals surface area contributed by atoms with Crippen LogP contribution in [0.1, 0.15) is 5.56 Å². The standard InChI is InChI=1S/C14H13NO4S/c16-15(17)14(11-12-7-3-1-4-8-12)20(18,19)13-9-5-2-6-10-13/h1-10,14H,11H2. The van der Waals surface area contributed by atoms with E-state index in [1.807, 2.05) is 0 Å². The van der Waals surface area contributed by atoms with Crippen molar-refractivity contribution in [3.05, 3.63) is 76.3 Å². The van der Waals surface area contributed by atoms with Crippen LogP contribution in [0.2, 0.25) is 0 Å². The van der Waals surface area contributed by atoms with Crippen LogP contribution in [-0.4, -0.2) is 18.7 Å². The zero-order valence-electron chi connectivity index (χ0n) is 10.5. The summed E-state index contributed by atoms with van der Waals surface area (Å²) < 4.78 is 24.7. The summed E-state index contributed by atoms with van der Waals surface area (Å²) in [6.45, 7) is 0. The molecule has 0 aliphatic carbocycles. The first-order chi connectivity index (χ1) is 9.51. The molecule has 1 atom stereocenters. The Kier molecular flexibility index (Phi) is 4.14. The van der Waals surface area contributed by atoms with Crippen LogP contribution in [0.5, 0.6) is 0 Å². The molecule has 1 unspecified atom stereocenters. The Labute approximate surface area is 116 Å². The highest BCUT2D eigenvalue weighted by Crippen LogP contribution is 2.19. The van der Waals surface area contributed by atoms with Crippen molar-refractivity contribution in [1.29, 1.82) is 0 Å². The molecule has 0 fully saturated rings. The van der Waals surface area contributed by atoms with E-state index in [0.717, 1.165) is 0 Å². The smallest absolute Gasteiger partial charge is 0.263 e. The number of hydrogen-bond acceptors (Lipinski definition) is 4. The maximum absolute atomic E-state index is 12.3. The molecule has 0 aliphatic rings. The van der Waals surface area contributed by atoms with Gasteiger partial charge in [0.05, 0.1) is 11.3 Å². The summed E-state index contributed by atoms with van der Waals surface area (Å²) in [5, 5.41) is 9.48. The van der Waals surface area contributed by atoms with Gasteiger partial charge in [0.15, 0.2) is 0 Å². The molecule has 2 aromatic carbocycles. The molecule has 5 nitrogen and oxygen atoms in total. The number of nitrogens with zero attached hydrogens (tertiary/aromatic N) is 1. The van der Waals surface area contributed by atoms with Crippen LogP contribution < -0.4 is 0 Å². The Morgan fingerprint density at radius 2 is 1.45 bits per heavy atom. The van der Waals surface area contributed by atoms with Gasteiger partial charge in [-0.15, -0.1) is 0 Å².